The Morgan fingerprint density at radius 3 is 1.68 bits per heavy atom. The van der Waals surface area contributed by atoms with Gasteiger partial charge in [0, 0.05) is 46.3 Å². The van der Waals surface area contributed by atoms with E-state index in [0.29, 0.717) is 0 Å². The van der Waals surface area contributed by atoms with E-state index in [1.54, 1.807) is 0 Å². The van der Waals surface area contributed by atoms with Crippen LogP contribution in [0.5, 0.6) is 0 Å². The first kappa shape index (κ1) is 19.3. The summed E-state index contributed by atoms with van der Waals surface area (Å²) in [5.74, 6) is 0. The molecule has 3 N–H and O–H groups in total. The third kappa shape index (κ3) is 5.48. The van der Waals surface area contributed by atoms with Crippen molar-refractivity contribution in [2.24, 2.45) is 0 Å². The lowest BCUT2D eigenvalue weighted by Crippen LogP contribution is -2.17. The molecule has 0 heterocycles. The molecular formula is C18H30O3P+. The van der Waals surface area contributed by atoms with Gasteiger partial charge in [-0.15, -0.1) is 0 Å². The number of hydrogen-bond donors (Lipinski definition) is 3. The molecule has 0 aliphatic heterocycles. The van der Waals surface area contributed by atoms with Crippen molar-refractivity contribution in [1.29, 1.82) is 0 Å². The summed E-state index contributed by atoms with van der Waals surface area (Å²) >= 11 is 0. The highest BCUT2D eigenvalue weighted by atomic mass is 31.2. The molecule has 3 nitrogen and oxygen atoms in total. The Morgan fingerprint density at radius 2 is 1.32 bits per heavy atom. The van der Waals surface area contributed by atoms with Crippen molar-refractivity contribution in [2.75, 3.05) is 38.3 Å². The molecule has 0 saturated heterocycles. The summed E-state index contributed by atoms with van der Waals surface area (Å²) in [6.45, 7) is 4.65. The predicted molar refractivity (Wildman–Crippen MR) is 96.0 cm³/mol. The Bertz CT molecular complexity index is 386. The molecule has 0 aromatic heterocycles. The lowest BCUT2D eigenvalue weighted by atomic mass is 10.1. The van der Waals surface area contributed by atoms with Crippen LogP contribution in [0.25, 0.3) is 0 Å². The number of aliphatic hydroxyl groups is 3. The monoisotopic (exact) mass is 325 g/mol. The second kappa shape index (κ2) is 10.9. The molecule has 1 atom stereocenters. The molecule has 1 rings (SSSR count). The zero-order valence-corrected chi connectivity index (χ0v) is 14.3. The maximum absolute atomic E-state index is 9.30. The van der Waals surface area contributed by atoms with Gasteiger partial charge in [-0.1, -0.05) is 36.9 Å². The van der Waals surface area contributed by atoms with E-state index in [-0.39, 0.29) is 25.5 Å². The fourth-order valence-electron chi connectivity index (χ4n) is 3.24. The fourth-order valence-corrected chi connectivity index (χ4v) is 8.31. The summed E-state index contributed by atoms with van der Waals surface area (Å²) in [5, 5.41) is 27.9. The largest absolute Gasteiger partial charge is 0.396 e. The molecule has 0 fully saturated rings. The van der Waals surface area contributed by atoms with Gasteiger partial charge in [0.05, 0.1) is 18.5 Å². The highest BCUT2D eigenvalue weighted by Crippen LogP contribution is 2.71. The van der Waals surface area contributed by atoms with Gasteiger partial charge in [0.1, 0.15) is 5.66 Å². The molecule has 1 aromatic carbocycles. The molecule has 0 bridgehead atoms. The van der Waals surface area contributed by atoms with Gasteiger partial charge in [-0.25, -0.2) is 0 Å². The van der Waals surface area contributed by atoms with Crippen LogP contribution in [-0.4, -0.2) is 53.6 Å². The zero-order valence-electron chi connectivity index (χ0n) is 13.4. The highest BCUT2D eigenvalue weighted by Gasteiger charge is 2.43. The Balaban J connectivity index is 3.12. The van der Waals surface area contributed by atoms with E-state index in [2.05, 4.69) is 18.7 Å². The van der Waals surface area contributed by atoms with E-state index in [1.165, 1.54) is 5.56 Å². The van der Waals surface area contributed by atoms with E-state index in [4.69, 9.17) is 0 Å². The lowest BCUT2D eigenvalue weighted by Gasteiger charge is -2.34. The topological polar surface area (TPSA) is 60.7 Å². The van der Waals surface area contributed by atoms with Gasteiger partial charge < -0.3 is 15.3 Å². The van der Waals surface area contributed by atoms with Crippen LogP contribution in [-0.2, 0) is 0 Å². The molecule has 22 heavy (non-hydrogen) atoms. The fraction of sp³-hybridized carbons (Fsp3) is 0.556. The van der Waals surface area contributed by atoms with Crippen molar-refractivity contribution >= 4 is 7.26 Å². The molecular weight excluding hydrogens is 295 g/mol. The first-order valence-electron chi connectivity index (χ1n) is 8.10. The highest BCUT2D eigenvalue weighted by molar-refractivity contribution is 7.76. The second-order valence-electron chi connectivity index (χ2n) is 5.71. The lowest BCUT2D eigenvalue weighted by molar-refractivity contribution is 0.291. The molecule has 1 aromatic rings. The van der Waals surface area contributed by atoms with E-state index < -0.39 is 7.26 Å². The number of allylic oxidation sites excluding steroid dienone is 1. The third-order valence-corrected chi connectivity index (χ3v) is 9.55. The molecule has 0 saturated carbocycles. The minimum absolute atomic E-state index is 0.193. The average Bonchev–Trinajstić information content (AvgIpc) is 2.57. The van der Waals surface area contributed by atoms with Crippen LogP contribution in [0.1, 0.15) is 30.5 Å². The first-order chi connectivity index (χ1) is 10.7. The molecule has 124 valence electrons. The quantitative estimate of drug-likeness (QED) is 0.409. The molecule has 1 unspecified atom stereocenters. The Kier molecular flexibility index (Phi) is 9.58. The molecule has 0 spiro atoms. The summed E-state index contributed by atoms with van der Waals surface area (Å²) < 4.78 is 0. The molecule has 0 aliphatic carbocycles. The summed E-state index contributed by atoms with van der Waals surface area (Å²) in [6, 6.07) is 10.4. The van der Waals surface area contributed by atoms with E-state index in [0.717, 1.165) is 37.7 Å². The van der Waals surface area contributed by atoms with Crippen LogP contribution in [0.15, 0.2) is 43.0 Å². The Labute approximate surface area is 135 Å². The second-order valence-corrected chi connectivity index (χ2v) is 10.0. The molecule has 4 heteroatoms. The minimum Gasteiger partial charge on any atom is -0.396 e. The summed E-state index contributed by atoms with van der Waals surface area (Å²) in [5.41, 5.74) is 1.54. The summed E-state index contributed by atoms with van der Waals surface area (Å²) in [4.78, 5) is 0. The van der Waals surface area contributed by atoms with Crippen LogP contribution in [0, 0.1) is 0 Å². The van der Waals surface area contributed by atoms with Crippen molar-refractivity contribution in [3.05, 3.63) is 48.6 Å². The Morgan fingerprint density at radius 1 is 0.864 bits per heavy atom. The van der Waals surface area contributed by atoms with Crippen molar-refractivity contribution in [3.63, 3.8) is 0 Å². The normalized spacial score (nSPS) is 13.0. The standard InChI is InChI=1S/C18H30O3P/c1-2-18(17-9-4-3-5-10-17)22(14-6-11-19,15-7-12-20)16-8-13-21/h2-5,9-10,18-21H,1,6-8,11-16H2/q+1. The smallest absolute Gasteiger partial charge is 0.112 e. The van der Waals surface area contributed by atoms with Gasteiger partial charge in [0.2, 0.25) is 0 Å². The number of aliphatic hydroxyl groups excluding tert-OH is 3. The molecule has 0 amide bonds. The molecule has 0 radical (unpaired) electrons. The zero-order chi connectivity index (χ0) is 16.3. The first-order valence-corrected chi connectivity index (χ1v) is 10.5. The number of hydrogen-bond acceptors (Lipinski definition) is 3. The van der Waals surface area contributed by atoms with Crippen LogP contribution in [0.4, 0.5) is 0 Å². The molecule has 0 aliphatic rings. The van der Waals surface area contributed by atoms with Gasteiger partial charge in [-0.2, -0.15) is 0 Å². The summed E-state index contributed by atoms with van der Waals surface area (Å²) in [7, 11) is -1.48. The average molecular weight is 325 g/mol. The summed E-state index contributed by atoms with van der Waals surface area (Å²) in [6.07, 6.45) is 7.32. The number of benzene rings is 1. The van der Waals surface area contributed by atoms with Gasteiger partial charge in [0.25, 0.3) is 0 Å². The third-order valence-electron chi connectivity index (χ3n) is 4.24. The number of rotatable bonds is 12. The van der Waals surface area contributed by atoms with Gasteiger partial charge in [-0.3, -0.25) is 0 Å². The van der Waals surface area contributed by atoms with Crippen LogP contribution < -0.4 is 0 Å². The van der Waals surface area contributed by atoms with Crippen molar-refractivity contribution in [3.8, 4) is 0 Å². The van der Waals surface area contributed by atoms with E-state index in [9.17, 15) is 15.3 Å². The van der Waals surface area contributed by atoms with Gasteiger partial charge in [-0.05, 0) is 11.6 Å². The predicted octanol–water partition coefficient (Wildman–Crippen LogP) is 3.08. The Hall–Kier alpha value is -0.730. The van der Waals surface area contributed by atoms with Crippen molar-refractivity contribution < 1.29 is 15.3 Å². The van der Waals surface area contributed by atoms with E-state index >= 15 is 0 Å². The minimum atomic E-state index is -1.48. The van der Waals surface area contributed by atoms with Crippen LogP contribution in [0.3, 0.4) is 0 Å². The van der Waals surface area contributed by atoms with Gasteiger partial charge in [0.15, 0.2) is 0 Å². The van der Waals surface area contributed by atoms with Crippen LogP contribution >= 0.6 is 7.26 Å². The van der Waals surface area contributed by atoms with Gasteiger partial charge >= 0.3 is 0 Å². The SMILES string of the molecule is C=CC(c1ccccc1)[P+](CCCO)(CCCO)CCCO. The maximum Gasteiger partial charge on any atom is 0.112 e. The van der Waals surface area contributed by atoms with Crippen molar-refractivity contribution in [2.45, 2.75) is 24.9 Å². The van der Waals surface area contributed by atoms with Crippen molar-refractivity contribution in [1.82, 2.24) is 0 Å². The van der Waals surface area contributed by atoms with Crippen LogP contribution in [0.2, 0.25) is 0 Å². The van der Waals surface area contributed by atoms with E-state index in [1.807, 2.05) is 24.3 Å². The maximum atomic E-state index is 9.30.